The summed E-state index contributed by atoms with van der Waals surface area (Å²) in [5, 5.41) is 0. The summed E-state index contributed by atoms with van der Waals surface area (Å²) in [6, 6.07) is 2.27. The molecule has 80 valence electrons. The van der Waals surface area contributed by atoms with Crippen LogP contribution in [0.15, 0.2) is 6.07 Å². The van der Waals surface area contributed by atoms with Crippen LogP contribution >= 0.6 is 11.5 Å². The molecule has 0 saturated heterocycles. The van der Waals surface area contributed by atoms with E-state index in [1.807, 2.05) is 0 Å². The van der Waals surface area contributed by atoms with Crippen LogP contribution in [0.25, 0.3) is 0 Å². The molecule has 0 spiro atoms. The third-order valence-corrected chi connectivity index (χ3v) is 3.98. The van der Waals surface area contributed by atoms with Gasteiger partial charge in [-0.15, -0.1) is 0 Å². The molecule has 0 bridgehead atoms. The molecule has 0 aliphatic heterocycles. The van der Waals surface area contributed by atoms with Crippen molar-refractivity contribution in [2.45, 2.75) is 58.8 Å². The van der Waals surface area contributed by atoms with Crippen LogP contribution in [0.4, 0.5) is 0 Å². The van der Waals surface area contributed by atoms with Gasteiger partial charge in [0.05, 0.1) is 5.69 Å². The van der Waals surface area contributed by atoms with E-state index in [1.54, 1.807) is 11.5 Å². The number of rotatable bonds is 2. The topological polar surface area (TPSA) is 12.9 Å². The predicted molar refractivity (Wildman–Crippen MR) is 64.1 cm³/mol. The van der Waals surface area contributed by atoms with Crippen molar-refractivity contribution in [1.82, 2.24) is 4.37 Å². The zero-order valence-electron chi connectivity index (χ0n) is 10.1. The van der Waals surface area contributed by atoms with Crippen LogP contribution in [0.5, 0.6) is 0 Å². The molecule has 2 heteroatoms. The van der Waals surface area contributed by atoms with Gasteiger partial charge in [-0.25, -0.2) is 0 Å². The monoisotopic (exact) mass is 211 g/mol. The lowest BCUT2D eigenvalue weighted by atomic mass is 9.86. The van der Waals surface area contributed by atoms with Crippen molar-refractivity contribution >= 4 is 11.5 Å². The first-order valence-electron chi connectivity index (χ1n) is 5.25. The Balaban J connectivity index is 3.00. The van der Waals surface area contributed by atoms with Gasteiger partial charge in [0, 0.05) is 15.7 Å². The molecular formula is C12H21NS. The summed E-state index contributed by atoms with van der Waals surface area (Å²) in [5.74, 6) is 0. The first kappa shape index (κ1) is 11.7. The van der Waals surface area contributed by atoms with Crippen LogP contribution in [0.3, 0.4) is 0 Å². The Morgan fingerprint density at radius 3 is 2.14 bits per heavy atom. The van der Waals surface area contributed by atoms with E-state index in [-0.39, 0.29) is 10.8 Å². The third-order valence-electron chi connectivity index (χ3n) is 2.83. The van der Waals surface area contributed by atoms with Gasteiger partial charge in [0.1, 0.15) is 0 Å². The molecule has 0 aliphatic rings. The minimum Gasteiger partial charge on any atom is -0.197 e. The van der Waals surface area contributed by atoms with Gasteiger partial charge >= 0.3 is 0 Å². The standard InChI is InChI=1S/C12H21NS/c1-7-12(5,6)10-8-9(13-14-10)11(2,3)4/h8H,7H2,1-6H3. The summed E-state index contributed by atoms with van der Waals surface area (Å²) >= 11 is 1.66. The van der Waals surface area contributed by atoms with Crippen molar-refractivity contribution in [3.63, 3.8) is 0 Å². The summed E-state index contributed by atoms with van der Waals surface area (Å²) < 4.78 is 4.54. The Morgan fingerprint density at radius 2 is 1.79 bits per heavy atom. The summed E-state index contributed by atoms with van der Waals surface area (Å²) in [6.07, 6.45) is 1.17. The maximum atomic E-state index is 4.54. The van der Waals surface area contributed by atoms with E-state index in [9.17, 15) is 0 Å². The Kier molecular flexibility index (Phi) is 3.05. The molecule has 0 radical (unpaired) electrons. The van der Waals surface area contributed by atoms with Gasteiger partial charge in [-0.1, -0.05) is 41.5 Å². The highest BCUT2D eigenvalue weighted by Crippen LogP contribution is 2.33. The first-order valence-corrected chi connectivity index (χ1v) is 6.02. The molecule has 14 heavy (non-hydrogen) atoms. The number of aromatic nitrogens is 1. The molecule has 1 heterocycles. The fraction of sp³-hybridized carbons (Fsp3) is 0.750. The molecule has 0 saturated carbocycles. The van der Waals surface area contributed by atoms with E-state index in [0.29, 0.717) is 0 Å². The second-order valence-electron chi connectivity index (χ2n) is 5.56. The van der Waals surface area contributed by atoms with Gasteiger partial charge in [-0.3, -0.25) is 0 Å². The summed E-state index contributed by atoms with van der Waals surface area (Å²) in [4.78, 5) is 1.41. The maximum absolute atomic E-state index is 4.54. The highest BCUT2D eigenvalue weighted by molar-refractivity contribution is 7.06. The largest absolute Gasteiger partial charge is 0.197 e. The Labute approximate surface area is 91.7 Å². The quantitative estimate of drug-likeness (QED) is 0.717. The molecule has 0 fully saturated rings. The first-order chi connectivity index (χ1) is 6.27. The average Bonchev–Trinajstić information content (AvgIpc) is 2.51. The van der Waals surface area contributed by atoms with Crippen molar-refractivity contribution < 1.29 is 0 Å². The van der Waals surface area contributed by atoms with Gasteiger partial charge < -0.3 is 0 Å². The van der Waals surface area contributed by atoms with E-state index in [0.717, 1.165) is 0 Å². The van der Waals surface area contributed by atoms with Gasteiger partial charge in [-0.2, -0.15) is 4.37 Å². The van der Waals surface area contributed by atoms with Crippen LogP contribution in [0.1, 0.15) is 58.5 Å². The lowest BCUT2D eigenvalue weighted by Crippen LogP contribution is -2.14. The van der Waals surface area contributed by atoms with E-state index in [4.69, 9.17) is 0 Å². The predicted octanol–water partition coefficient (Wildman–Crippen LogP) is 4.13. The normalized spacial score (nSPS) is 13.3. The molecule has 0 unspecified atom stereocenters. The van der Waals surface area contributed by atoms with Crippen molar-refractivity contribution in [1.29, 1.82) is 0 Å². The number of hydrogen-bond acceptors (Lipinski definition) is 2. The van der Waals surface area contributed by atoms with Crippen molar-refractivity contribution in [3.05, 3.63) is 16.6 Å². The molecule has 0 aromatic carbocycles. The Hall–Kier alpha value is -0.370. The second kappa shape index (κ2) is 3.65. The minimum absolute atomic E-state index is 0.179. The smallest absolute Gasteiger partial charge is 0.0598 e. The summed E-state index contributed by atoms with van der Waals surface area (Å²) in [7, 11) is 0. The molecule has 1 rings (SSSR count). The second-order valence-corrected chi connectivity index (χ2v) is 6.37. The van der Waals surface area contributed by atoms with Gasteiger partial charge in [-0.05, 0) is 24.0 Å². The van der Waals surface area contributed by atoms with Crippen LogP contribution < -0.4 is 0 Å². The molecule has 0 amide bonds. The van der Waals surface area contributed by atoms with Crippen LogP contribution in [0, 0.1) is 0 Å². The zero-order valence-corrected chi connectivity index (χ0v) is 11.0. The van der Waals surface area contributed by atoms with E-state index < -0.39 is 0 Å². The zero-order chi connectivity index (χ0) is 11.0. The lowest BCUT2D eigenvalue weighted by molar-refractivity contribution is 0.514. The fourth-order valence-corrected chi connectivity index (χ4v) is 2.20. The van der Waals surface area contributed by atoms with Gasteiger partial charge in [0.25, 0.3) is 0 Å². The minimum atomic E-state index is 0.179. The fourth-order valence-electron chi connectivity index (χ4n) is 1.12. The maximum Gasteiger partial charge on any atom is 0.0598 e. The highest BCUT2D eigenvalue weighted by Gasteiger charge is 2.24. The Morgan fingerprint density at radius 1 is 1.21 bits per heavy atom. The summed E-state index contributed by atoms with van der Waals surface area (Å²) in [6.45, 7) is 13.4. The molecule has 1 aromatic rings. The van der Waals surface area contributed by atoms with Crippen LogP contribution in [-0.4, -0.2) is 4.37 Å². The van der Waals surface area contributed by atoms with E-state index in [1.165, 1.54) is 17.0 Å². The van der Waals surface area contributed by atoms with Gasteiger partial charge in [0.15, 0.2) is 0 Å². The summed E-state index contributed by atoms with van der Waals surface area (Å²) in [5.41, 5.74) is 1.68. The Bertz CT molecular complexity index is 304. The SMILES string of the molecule is CCC(C)(C)c1cc(C(C)(C)C)ns1. The average molecular weight is 211 g/mol. The number of nitrogens with zero attached hydrogens (tertiary/aromatic N) is 1. The van der Waals surface area contributed by atoms with Crippen molar-refractivity contribution in [2.75, 3.05) is 0 Å². The molecular weight excluding hydrogens is 190 g/mol. The molecule has 0 atom stereocenters. The van der Waals surface area contributed by atoms with E-state index >= 15 is 0 Å². The van der Waals surface area contributed by atoms with Crippen LogP contribution in [0.2, 0.25) is 0 Å². The lowest BCUT2D eigenvalue weighted by Gasteiger charge is -2.20. The molecule has 0 N–H and O–H groups in total. The third kappa shape index (κ3) is 2.35. The van der Waals surface area contributed by atoms with Crippen molar-refractivity contribution in [2.24, 2.45) is 0 Å². The van der Waals surface area contributed by atoms with Gasteiger partial charge in [0.2, 0.25) is 0 Å². The molecule has 1 aromatic heterocycles. The molecule has 1 nitrogen and oxygen atoms in total. The molecule has 0 aliphatic carbocycles. The van der Waals surface area contributed by atoms with Crippen molar-refractivity contribution in [3.8, 4) is 0 Å². The number of hydrogen-bond donors (Lipinski definition) is 0. The van der Waals surface area contributed by atoms with Crippen LogP contribution in [-0.2, 0) is 10.8 Å². The highest BCUT2D eigenvalue weighted by atomic mass is 32.1. The van der Waals surface area contributed by atoms with E-state index in [2.05, 4.69) is 52.0 Å².